The highest BCUT2D eigenvalue weighted by Gasteiger charge is 2.45. The van der Waals surface area contributed by atoms with Crippen molar-refractivity contribution in [2.75, 3.05) is 19.3 Å². The maximum Gasteiger partial charge on any atom is 0.418 e. The molecule has 4 atom stereocenters. The summed E-state index contributed by atoms with van der Waals surface area (Å²) in [6.45, 7) is 4.62. The SMILES string of the molecule is CC(C)N(C)[C@@H]1CC[C@H](N2CCC(c3nc4cccc(C(F)(F)F)c4[nH]3)C2=O)[C@H](CS(=O)(=O)c2ccccc2)C1. The summed E-state index contributed by atoms with van der Waals surface area (Å²) < 4.78 is 67.5. The van der Waals surface area contributed by atoms with Gasteiger partial charge in [0.05, 0.1) is 33.2 Å². The largest absolute Gasteiger partial charge is 0.418 e. The Morgan fingerprint density at radius 1 is 1.07 bits per heavy atom. The van der Waals surface area contributed by atoms with Crippen molar-refractivity contribution in [1.82, 2.24) is 19.8 Å². The molecule has 2 aliphatic rings. The number of fused-ring (bicyclic) bond motifs is 1. The van der Waals surface area contributed by atoms with Crippen molar-refractivity contribution < 1.29 is 26.4 Å². The summed E-state index contributed by atoms with van der Waals surface area (Å²) >= 11 is 0. The molecule has 3 aromatic rings. The number of rotatable bonds is 7. The van der Waals surface area contributed by atoms with Crippen molar-refractivity contribution in [3.63, 3.8) is 0 Å². The van der Waals surface area contributed by atoms with Crippen molar-refractivity contribution in [3.8, 4) is 0 Å². The zero-order valence-electron chi connectivity index (χ0n) is 22.9. The molecular weight excluding hydrogens is 541 g/mol. The fourth-order valence-electron chi connectivity index (χ4n) is 6.35. The third-order valence-electron chi connectivity index (χ3n) is 8.65. The lowest BCUT2D eigenvalue weighted by Gasteiger charge is -2.44. The number of aromatic amines is 1. The molecule has 1 N–H and O–H groups in total. The fourth-order valence-corrected chi connectivity index (χ4v) is 8.03. The Kier molecular flexibility index (Phi) is 7.73. The van der Waals surface area contributed by atoms with E-state index in [-0.39, 0.29) is 51.4 Å². The normalized spacial score (nSPS) is 24.5. The van der Waals surface area contributed by atoms with Crippen LogP contribution in [0.15, 0.2) is 53.4 Å². The van der Waals surface area contributed by atoms with Crippen LogP contribution in [0.5, 0.6) is 0 Å². The van der Waals surface area contributed by atoms with E-state index in [2.05, 4.69) is 28.7 Å². The number of carbonyl (C=O) groups excluding carboxylic acids is 1. The molecule has 2 heterocycles. The van der Waals surface area contributed by atoms with Gasteiger partial charge in [0.2, 0.25) is 5.91 Å². The van der Waals surface area contributed by atoms with Crippen molar-refractivity contribution in [2.45, 2.75) is 74.6 Å². The molecule has 5 rings (SSSR count). The van der Waals surface area contributed by atoms with Gasteiger partial charge >= 0.3 is 6.18 Å². The van der Waals surface area contributed by atoms with Gasteiger partial charge in [-0.25, -0.2) is 13.4 Å². The first-order chi connectivity index (χ1) is 18.9. The predicted octanol–water partition coefficient (Wildman–Crippen LogP) is 5.25. The molecule has 0 bridgehead atoms. The number of H-pyrrole nitrogens is 1. The van der Waals surface area contributed by atoms with E-state index in [4.69, 9.17) is 0 Å². The van der Waals surface area contributed by atoms with Gasteiger partial charge in [-0.3, -0.25) is 4.79 Å². The monoisotopic (exact) mass is 576 g/mol. The number of carbonyl (C=O) groups is 1. The summed E-state index contributed by atoms with van der Waals surface area (Å²) in [6, 6.07) is 12.4. The van der Waals surface area contributed by atoms with Gasteiger partial charge in [0.15, 0.2) is 9.84 Å². The van der Waals surface area contributed by atoms with E-state index in [1.54, 1.807) is 35.2 Å². The summed E-state index contributed by atoms with van der Waals surface area (Å²) in [4.78, 5) is 25.2. The highest BCUT2D eigenvalue weighted by Crippen LogP contribution is 2.40. The number of alkyl halides is 3. The number of nitrogens with one attached hydrogen (secondary N) is 1. The highest BCUT2D eigenvalue weighted by atomic mass is 32.2. The minimum Gasteiger partial charge on any atom is -0.341 e. The third-order valence-corrected chi connectivity index (χ3v) is 10.5. The summed E-state index contributed by atoms with van der Waals surface area (Å²) in [5.41, 5.74) is -0.773. The molecule has 2 fully saturated rings. The minimum atomic E-state index is -4.55. The molecular formula is C29H35F3N4O3S. The number of hydrogen-bond acceptors (Lipinski definition) is 5. The van der Waals surface area contributed by atoms with E-state index in [1.165, 1.54) is 12.1 Å². The van der Waals surface area contributed by atoms with E-state index in [1.807, 2.05) is 7.05 Å². The predicted molar refractivity (Wildman–Crippen MR) is 146 cm³/mol. The summed E-state index contributed by atoms with van der Waals surface area (Å²) in [5.74, 6) is -1.04. The van der Waals surface area contributed by atoms with Gasteiger partial charge in [-0.15, -0.1) is 0 Å². The maximum absolute atomic E-state index is 13.8. The highest BCUT2D eigenvalue weighted by molar-refractivity contribution is 7.91. The van der Waals surface area contributed by atoms with Crippen molar-refractivity contribution in [1.29, 1.82) is 0 Å². The molecule has 1 unspecified atom stereocenters. The number of halogens is 3. The van der Waals surface area contributed by atoms with Gasteiger partial charge in [-0.2, -0.15) is 13.2 Å². The van der Waals surface area contributed by atoms with Gasteiger partial charge in [-0.05, 0) is 76.8 Å². The topological polar surface area (TPSA) is 86.4 Å². The molecule has 1 aliphatic heterocycles. The van der Waals surface area contributed by atoms with Crippen LogP contribution in [0.3, 0.4) is 0 Å². The Morgan fingerprint density at radius 3 is 2.48 bits per heavy atom. The lowest BCUT2D eigenvalue weighted by Crippen LogP contribution is -2.51. The smallest absolute Gasteiger partial charge is 0.341 e. The molecule has 1 saturated heterocycles. The Bertz CT molecular complexity index is 1470. The zero-order valence-corrected chi connectivity index (χ0v) is 23.7. The Labute approximate surface area is 232 Å². The lowest BCUT2D eigenvalue weighted by molar-refractivity contribution is -0.136. The zero-order chi connectivity index (χ0) is 28.8. The van der Waals surface area contributed by atoms with Crippen LogP contribution in [0, 0.1) is 5.92 Å². The summed E-state index contributed by atoms with van der Waals surface area (Å²) in [7, 11) is -1.54. The number of hydrogen-bond donors (Lipinski definition) is 1. The number of para-hydroxylation sites is 1. The molecule has 40 heavy (non-hydrogen) atoms. The Morgan fingerprint density at radius 2 is 1.80 bits per heavy atom. The van der Waals surface area contributed by atoms with Gasteiger partial charge in [-0.1, -0.05) is 24.3 Å². The number of aromatic nitrogens is 2. The average Bonchev–Trinajstić information content (AvgIpc) is 3.51. The first-order valence-electron chi connectivity index (χ1n) is 13.7. The minimum absolute atomic E-state index is 0.0713. The van der Waals surface area contributed by atoms with Crippen molar-refractivity contribution in [2.24, 2.45) is 5.92 Å². The standard InChI is InChI=1S/C29H35F3N4O3S/c1-18(2)35(3)20-12-13-25(19(16-20)17-40(38,39)21-8-5-4-6-9-21)36-15-14-22(28(36)37)27-33-24-11-7-10-23(26(24)34-27)29(30,31)32/h4-11,18-20,22,25H,12-17H2,1-3H3,(H,33,34)/t19-,20+,22?,25-/m0/s1. The number of amides is 1. The second-order valence-corrected chi connectivity index (χ2v) is 13.4. The van der Waals surface area contributed by atoms with Gasteiger partial charge in [0.1, 0.15) is 5.82 Å². The molecule has 216 valence electrons. The van der Waals surface area contributed by atoms with Gasteiger partial charge in [0.25, 0.3) is 0 Å². The van der Waals surface area contributed by atoms with Crippen molar-refractivity contribution >= 4 is 26.8 Å². The maximum atomic E-state index is 13.8. The lowest BCUT2D eigenvalue weighted by atomic mass is 9.81. The van der Waals surface area contributed by atoms with Crippen LogP contribution < -0.4 is 0 Å². The molecule has 7 nitrogen and oxygen atoms in total. The van der Waals surface area contributed by atoms with E-state index in [9.17, 15) is 26.4 Å². The van der Waals surface area contributed by atoms with E-state index in [0.29, 0.717) is 31.8 Å². The molecule has 1 aromatic heterocycles. The molecule has 1 amide bonds. The third kappa shape index (κ3) is 5.50. The first kappa shape index (κ1) is 28.6. The molecule has 2 aromatic carbocycles. The van der Waals surface area contributed by atoms with Crippen LogP contribution >= 0.6 is 0 Å². The van der Waals surface area contributed by atoms with Crippen LogP contribution in [-0.4, -0.2) is 71.6 Å². The fraction of sp³-hybridized carbons (Fsp3) is 0.517. The first-order valence-corrected chi connectivity index (χ1v) is 15.4. The van der Waals surface area contributed by atoms with Crippen LogP contribution in [0.4, 0.5) is 13.2 Å². The van der Waals surface area contributed by atoms with Gasteiger partial charge < -0.3 is 14.8 Å². The van der Waals surface area contributed by atoms with Crippen LogP contribution in [-0.2, 0) is 20.8 Å². The van der Waals surface area contributed by atoms with Crippen LogP contribution in [0.1, 0.15) is 56.8 Å². The molecule has 0 spiro atoms. The molecule has 0 radical (unpaired) electrons. The van der Waals surface area contributed by atoms with E-state index >= 15 is 0 Å². The van der Waals surface area contributed by atoms with E-state index < -0.39 is 27.5 Å². The molecule has 11 heteroatoms. The summed E-state index contributed by atoms with van der Waals surface area (Å²) in [5, 5.41) is 0. The number of nitrogens with zero attached hydrogens (tertiary/aromatic N) is 3. The van der Waals surface area contributed by atoms with E-state index in [0.717, 1.165) is 12.5 Å². The summed E-state index contributed by atoms with van der Waals surface area (Å²) in [6.07, 6.45) is -2.01. The average molecular weight is 577 g/mol. The Hall–Kier alpha value is -2.92. The van der Waals surface area contributed by atoms with Crippen LogP contribution in [0.25, 0.3) is 11.0 Å². The quantitative estimate of drug-likeness (QED) is 0.415. The van der Waals surface area contributed by atoms with Gasteiger partial charge in [0, 0.05) is 24.7 Å². The van der Waals surface area contributed by atoms with Crippen molar-refractivity contribution in [3.05, 3.63) is 59.9 Å². The molecule has 1 saturated carbocycles. The van der Waals surface area contributed by atoms with Crippen LogP contribution in [0.2, 0.25) is 0 Å². The number of imidazole rings is 1. The second kappa shape index (κ2) is 10.8. The second-order valence-electron chi connectivity index (χ2n) is 11.3. The Balaban J connectivity index is 1.42. The number of likely N-dealkylation sites (tertiary alicyclic amines) is 1. The molecule has 1 aliphatic carbocycles. The number of benzene rings is 2. The number of sulfone groups is 1.